The maximum Gasteiger partial charge on any atom is 0.254 e. The molecule has 1 saturated carbocycles. The molecule has 42 heavy (non-hydrogen) atoms. The molecule has 5 aromatic rings. The van der Waals surface area contributed by atoms with Crippen molar-refractivity contribution < 1.29 is 13.9 Å². The number of nitrogens with zero attached hydrogens (tertiary/aromatic N) is 4. The second-order valence-corrected chi connectivity index (χ2v) is 11.6. The number of piperidine rings is 1. The summed E-state index contributed by atoms with van der Waals surface area (Å²) in [7, 11) is 3.53. The summed E-state index contributed by atoms with van der Waals surface area (Å²) in [5.41, 5.74) is 11.7. The van der Waals surface area contributed by atoms with Crippen LogP contribution in [-0.2, 0) is 13.6 Å². The standard InChI is InChI=1S/C32H33FN6O3/c1-37-30-25(9-22(12-28(30)42-2)32(41)38-16-23(33)13-24(34)17-38)36-31(37)27-11-20-6-5-19(21-7-8-29(40)35-14-21)10-26(20)39(27)15-18-3-4-18/h5-12,14,18,23-24H,3-4,13,15-17,34H2,1-2H3,(H,35,40)/t23-,24-/m1/s1. The van der Waals surface area contributed by atoms with Gasteiger partial charge in [-0.1, -0.05) is 12.1 Å². The number of aryl methyl sites for hydroxylation is 1. The molecule has 4 heterocycles. The molecule has 0 bridgehead atoms. The molecule has 7 rings (SSSR count). The van der Waals surface area contributed by atoms with E-state index in [1.54, 1.807) is 25.4 Å². The molecule has 2 atom stereocenters. The summed E-state index contributed by atoms with van der Waals surface area (Å²) in [5.74, 6) is 1.62. The van der Waals surface area contributed by atoms with Crippen LogP contribution in [-0.4, -0.2) is 62.3 Å². The molecule has 2 fully saturated rings. The van der Waals surface area contributed by atoms with Crippen molar-refractivity contribution in [1.29, 1.82) is 0 Å². The lowest BCUT2D eigenvalue weighted by Crippen LogP contribution is -2.50. The van der Waals surface area contributed by atoms with Gasteiger partial charge in [0.2, 0.25) is 5.56 Å². The summed E-state index contributed by atoms with van der Waals surface area (Å²) >= 11 is 0. The van der Waals surface area contributed by atoms with E-state index in [2.05, 4.69) is 33.8 Å². The Labute approximate surface area is 241 Å². The number of aromatic amines is 1. The fraction of sp³-hybridized carbons (Fsp3) is 0.344. The van der Waals surface area contributed by atoms with Crippen molar-refractivity contribution in [2.75, 3.05) is 20.2 Å². The number of aromatic nitrogens is 4. The molecule has 3 N–H and O–H groups in total. The van der Waals surface area contributed by atoms with Gasteiger partial charge in [-0.05, 0) is 66.6 Å². The fourth-order valence-electron chi connectivity index (χ4n) is 6.21. The van der Waals surface area contributed by atoms with Gasteiger partial charge in [-0.2, -0.15) is 0 Å². The Balaban J connectivity index is 1.34. The summed E-state index contributed by atoms with van der Waals surface area (Å²) in [6.07, 6.45) is 3.25. The number of benzene rings is 2. The van der Waals surface area contributed by atoms with Crippen molar-refractivity contribution in [3.05, 3.63) is 70.6 Å². The number of H-pyrrole nitrogens is 1. The van der Waals surface area contributed by atoms with Gasteiger partial charge in [-0.25, -0.2) is 9.37 Å². The summed E-state index contributed by atoms with van der Waals surface area (Å²) in [6.45, 7) is 1.22. The molecule has 1 aliphatic carbocycles. The van der Waals surface area contributed by atoms with Gasteiger partial charge in [0.1, 0.15) is 17.4 Å². The van der Waals surface area contributed by atoms with E-state index in [4.69, 9.17) is 15.5 Å². The maximum atomic E-state index is 14.2. The van der Waals surface area contributed by atoms with Gasteiger partial charge in [-0.3, -0.25) is 9.59 Å². The first-order chi connectivity index (χ1) is 20.3. The van der Waals surface area contributed by atoms with E-state index < -0.39 is 6.17 Å². The van der Waals surface area contributed by atoms with Gasteiger partial charge in [0, 0.05) is 54.9 Å². The number of fused-ring (bicyclic) bond motifs is 2. The van der Waals surface area contributed by atoms with E-state index in [0.717, 1.165) is 45.6 Å². The number of rotatable bonds is 6. The summed E-state index contributed by atoms with van der Waals surface area (Å²) < 4.78 is 24.3. The molecular formula is C32H33FN6O3. The largest absolute Gasteiger partial charge is 0.494 e. The van der Waals surface area contributed by atoms with Gasteiger partial charge in [0.25, 0.3) is 5.91 Å². The second-order valence-electron chi connectivity index (χ2n) is 11.6. The number of nitrogens with one attached hydrogen (secondary N) is 1. The molecule has 1 aliphatic heterocycles. The normalized spacial score (nSPS) is 19.1. The topological polar surface area (TPSA) is 111 Å². The van der Waals surface area contributed by atoms with Crippen LogP contribution in [0.1, 0.15) is 29.6 Å². The maximum absolute atomic E-state index is 14.2. The summed E-state index contributed by atoms with van der Waals surface area (Å²) in [6, 6.07) is 14.9. The quantitative estimate of drug-likeness (QED) is 0.314. The minimum Gasteiger partial charge on any atom is -0.494 e. The highest BCUT2D eigenvalue weighted by Crippen LogP contribution is 2.39. The van der Waals surface area contributed by atoms with E-state index in [9.17, 15) is 14.0 Å². The van der Waals surface area contributed by atoms with Crippen molar-refractivity contribution in [2.24, 2.45) is 18.7 Å². The number of hydrogen-bond donors (Lipinski definition) is 2. The summed E-state index contributed by atoms with van der Waals surface area (Å²) in [5, 5.41) is 1.09. The molecule has 2 aliphatic rings. The number of imidazole rings is 1. The van der Waals surface area contributed by atoms with E-state index in [1.807, 2.05) is 17.7 Å². The van der Waals surface area contributed by atoms with Crippen LogP contribution in [0.4, 0.5) is 4.39 Å². The first-order valence-electron chi connectivity index (χ1n) is 14.3. The highest BCUT2D eigenvalue weighted by molar-refractivity contribution is 6.00. The second kappa shape index (κ2) is 10.1. The van der Waals surface area contributed by atoms with Crippen molar-refractivity contribution >= 4 is 27.8 Å². The third-order valence-corrected chi connectivity index (χ3v) is 8.51. The molecule has 1 saturated heterocycles. The first-order valence-corrected chi connectivity index (χ1v) is 14.3. The Hall–Kier alpha value is -4.44. The molecule has 1 amide bonds. The third kappa shape index (κ3) is 4.65. The number of likely N-dealkylation sites (tertiary alicyclic amines) is 1. The highest BCUT2D eigenvalue weighted by atomic mass is 19.1. The Morgan fingerprint density at radius 3 is 2.64 bits per heavy atom. The smallest absolute Gasteiger partial charge is 0.254 e. The van der Waals surface area contributed by atoms with Gasteiger partial charge in [0.15, 0.2) is 5.82 Å². The van der Waals surface area contributed by atoms with Crippen LogP contribution >= 0.6 is 0 Å². The number of carbonyl (C=O) groups is 1. The molecule has 3 aromatic heterocycles. The molecule has 2 aromatic carbocycles. The van der Waals surface area contributed by atoms with Crippen molar-refractivity contribution in [3.8, 4) is 28.4 Å². The SMILES string of the molecule is COc1cc(C(=O)N2C[C@H](N)C[C@@H](F)C2)cc2nc(-c3cc4ccc(-c5ccc(=O)[nH]c5)cc4n3CC3CC3)n(C)c12. The van der Waals surface area contributed by atoms with E-state index in [-0.39, 0.29) is 30.5 Å². The number of methoxy groups -OCH3 is 1. The number of hydrogen-bond acceptors (Lipinski definition) is 5. The molecular weight excluding hydrogens is 535 g/mol. The number of pyridine rings is 1. The van der Waals surface area contributed by atoms with Crippen LogP contribution in [0.2, 0.25) is 0 Å². The molecule has 9 nitrogen and oxygen atoms in total. The average Bonchev–Trinajstić information content (AvgIpc) is 3.65. The monoisotopic (exact) mass is 568 g/mol. The van der Waals surface area contributed by atoms with E-state index >= 15 is 0 Å². The Kier molecular flexibility index (Phi) is 6.38. The zero-order valence-corrected chi connectivity index (χ0v) is 23.6. The zero-order chi connectivity index (χ0) is 29.1. The van der Waals surface area contributed by atoms with E-state index in [1.165, 1.54) is 23.8 Å². The van der Waals surface area contributed by atoms with Gasteiger partial charge in [-0.15, -0.1) is 0 Å². The molecule has 0 radical (unpaired) electrons. The van der Waals surface area contributed by atoms with Crippen LogP contribution in [0.25, 0.3) is 44.6 Å². The van der Waals surface area contributed by atoms with Crippen LogP contribution in [0, 0.1) is 5.92 Å². The first kappa shape index (κ1) is 26.5. The van der Waals surface area contributed by atoms with Crippen LogP contribution < -0.4 is 16.0 Å². The number of alkyl halides is 1. The van der Waals surface area contributed by atoms with E-state index in [0.29, 0.717) is 29.3 Å². The van der Waals surface area contributed by atoms with Gasteiger partial charge < -0.3 is 29.5 Å². The molecule has 10 heteroatoms. The number of nitrogens with two attached hydrogens (primary N) is 1. The summed E-state index contributed by atoms with van der Waals surface area (Å²) in [4.78, 5) is 34.3. The zero-order valence-electron chi connectivity index (χ0n) is 23.6. The molecule has 0 unspecified atom stereocenters. The lowest BCUT2D eigenvalue weighted by atomic mass is 10.0. The minimum atomic E-state index is -1.14. The lowest BCUT2D eigenvalue weighted by molar-refractivity contribution is 0.0606. The van der Waals surface area contributed by atoms with Crippen molar-refractivity contribution in [1.82, 2.24) is 24.0 Å². The Bertz CT molecular complexity index is 1870. The third-order valence-electron chi connectivity index (χ3n) is 8.51. The Morgan fingerprint density at radius 1 is 1.12 bits per heavy atom. The van der Waals surface area contributed by atoms with Crippen LogP contribution in [0.3, 0.4) is 0 Å². The molecule has 0 spiro atoms. The average molecular weight is 569 g/mol. The van der Waals surface area contributed by atoms with Crippen LogP contribution in [0.5, 0.6) is 5.75 Å². The van der Waals surface area contributed by atoms with Crippen molar-refractivity contribution in [2.45, 2.75) is 38.0 Å². The Morgan fingerprint density at radius 2 is 1.93 bits per heavy atom. The fourth-order valence-corrected chi connectivity index (χ4v) is 6.21. The van der Waals surface area contributed by atoms with Crippen LogP contribution in [0.15, 0.2) is 59.5 Å². The molecule has 216 valence electrons. The predicted molar refractivity (Wildman–Crippen MR) is 160 cm³/mol. The highest BCUT2D eigenvalue weighted by Gasteiger charge is 2.30. The minimum absolute atomic E-state index is 0.0304. The predicted octanol–water partition coefficient (Wildman–Crippen LogP) is 4.48. The van der Waals surface area contributed by atoms with Gasteiger partial charge in [0.05, 0.1) is 24.9 Å². The van der Waals surface area contributed by atoms with Crippen molar-refractivity contribution in [3.63, 3.8) is 0 Å². The number of carbonyl (C=O) groups excluding carboxylic acids is 1. The lowest BCUT2D eigenvalue weighted by Gasteiger charge is -2.33. The number of halogens is 1. The number of amides is 1. The number of ether oxygens (including phenoxy) is 1. The van der Waals surface area contributed by atoms with Gasteiger partial charge >= 0.3 is 0 Å².